The van der Waals surface area contributed by atoms with E-state index in [2.05, 4.69) is 27.0 Å². The molecule has 2 rings (SSSR count). The average molecular weight is 262 g/mol. The second kappa shape index (κ2) is 3.87. The maximum atomic E-state index is 9.00. The van der Waals surface area contributed by atoms with Crippen LogP contribution in [0, 0.1) is 18.3 Å². The Balaban J connectivity index is 2.60. The Kier molecular flexibility index (Phi) is 2.57. The van der Waals surface area contributed by atoms with Crippen LogP contribution >= 0.6 is 15.9 Å². The molecule has 0 spiro atoms. The van der Waals surface area contributed by atoms with Gasteiger partial charge in [0.25, 0.3) is 0 Å². The smallest absolute Gasteiger partial charge is 0.147 e. The van der Waals surface area contributed by atoms with Crippen molar-refractivity contribution in [3.05, 3.63) is 46.5 Å². The summed E-state index contributed by atoms with van der Waals surface area (Å²) in [5.41, 5.74) is 2.26. The molecule has 4 heteroatoms. The van der Waals surface area contributed by atoms with E-state index in [1.165, 1.54) is 0 Å². The molecule has 3 nitrogen and oxygen atoms in total. The summed E-state index contributed by atoms with van der Waals surface area (Å²) in [5.74, 6) is 0. The normalized spacial score (nSPS) is 9.93. The first-order valence-corrected chi connectivity index (χ1v) is 5.21. The van der Waals surface area contributed by atoms with Crippen molar-refractivity contribution in [1.82, 2.24) is 9.55 Å². The van der Waals surface area contributed by atoms with Gasteiger partial charge in [0.15, 0.2) is 0 Å². The van der Waals surface area contributed by atoms with E-state index in [-0.39, 0.29) is 0 Å². The van der Waals surface area contributed by atoms with Gasteiger partial charge in [-0.05, 0) is 25.1 Å². The Morgan fingerprint density at radius 2 is 2.27 bits per heavy atom. The molecule has 0 unspecified atom stereocenters. The first-order chi connectivity index (χ1) is 7.22. The molecule has 15 heavy (non-hydrogen) atoms. The highest BCUT2D eigenvalue weighted by atomic mass is 79.9. The van der Waals surface area contributed by atoms with Crippen molar-refractivity contribution in [1.29, 1.82) is 5.26 Å². The maximum absolute atomic E-state index is 9.00. The molecule has 0 N–H and O–H groups in total. The Bertz CT molecular complexity index is 537. The predicted molar refractivity (Wildman–Crippen MR) is 60.7 cm³/mol. The van der Waals surface area contributed by atoms with Crippen LogP contribution in [0.1, 0.15) is 11.4 Å². The molecule has 0 aliphatic heterocycles. The lowest BCUT2D eigenvalue weighted by Crippen LogP contribution is -1.95. The third-order valence-electron chi connectivity index (χ3n) is 2.14. The monoisotopic (exact) mass is 261 g/mol. The fourth-order valence-electron chi connectivity index (χ4n) is 1.39. The average Bonchev–Trinajstić information content (AvgIpc) is 2.59. The summed E-state index contributed by atoms with van der Waals surface area (Å²) in [7, 11) is 0. The quantitative estimate of drug-likeness (QED) is 0.792. The number of nitriles is 1. The molecular formula is C11H8BrN3. The number of hydrogen-bond acceptors (Lipinski definition) is 2. The molecule has 0 saturated carbocycles. The zero-order valence-corrected chi connectivity index (χ0v) is 9.69. The summed E-state index contributed by atoms with van der Waals surface area (Å²) in [5, 5.41) is 9.00. The highest BCUT2D eigenvalue weighted by Crippen LogP contribution is 2.18. The van der Waals surface area contributed by atoms with Crippen LogP contribution in [0.3, 0.4) is 0 Å². The molecule has 0 amide bonds. The van der Waals surface area contributed by atoms with E-state index >= 15 is 0 Å². The highest BCUT2D eigenvalue weighted by molar-refractivity contribution is 9.10. The fraction of sp³-hybridized carbons (Fsp3) is 0.0909. The summed E-state index contributed by atoms with van der Waals surface area (Å²) >= 11 is 3.40. The number of hydrogen-bond donors (Lipinski definition) is 0. The number of rotatable bonds is 1. The van der Waals surface area contributed by atoms with E-state index in [4.69, 9.17) is 5.26 Å². The topological polar surface area (TPSA) is 41.6 Å². The lowest BCUT2D eigenvalue weighted by molar-refractivity contribution is 1.03. The van der Waals surface area contributed by atoms with Crippen LogP contribution in [0.5, 0.6) is 0 Å². The van der Waals surface area contributed by atoms with Crippen LogP contribution in [0.2, 0.25) is 0 Å². The first-order valence-electron chi connectivity index (χ1n) is 4.42. The molecule has 0 bridgehead atoms. The van der Waals surface area contributed by atoms with E-state index in [0.29, 0.717) is 5.69 Å². The second-order valence-corrected chi connectivity index (χ2v) is 4.06. The minimum absolute atomic E-state index is 0.577. The van der Waals surface area contributed by atoms with Gasteiger partial charge in [0.1, 0.15) is 18.1 Å². The van der Waals surface area contributed by atoms with Crippen molar-refractivity contribution in [3.63, 3.8) is 0 Å². The van der Waals surface area contributed by atoms with Gasteiger partial charge in [0, 0.05) is 10.2 Å². The summed E-state index contributed by atoms with van der Waals surface area (Å²) in [6.45, 7) is 1.83. The van der Waals surface area contributed by atoms with Crippen molar-refractivity contribution < 1.29 is 0 Å². The SMILES string of the molecule is Cc1ncn(-c2cccc(Br)c2)c1C#N. The summed E-state index contributed by atoms with van der Waals surface area (Å²) in [6, 6.07) is 9.90. The second-order valence-electron chi connectivity index (χ2n) is 3.14. The van der Waals surface area contributed by atoms with Crippen molar-refractivity contribution in [2.24, 2.45) is 0 Å². The molecule has 0 aliphatic rings. The van der Waals surface area contributed by atoms with Gasteiger partial charge in [-0.25, -0.2) is 4.98 Å². The summed E-state index contributed by atoms with van der Waals surface area (Å²) in [4.78, 5) is 4.12. The fourth-order valence-corrected chi connectivity index (χ4v) is 1.78. The van der Waals surface area contributed by atoms with Gasteiger partial charge in [-0.1, -0.05) is 22.0 Å². The molecule has 0 saturated heterocycles. The highest BCUT2D eigenvalue weighted by Gasteiger charge is 2.07. The molecule has 0 aliphatic carbocycles. The lowest BCUT2D eigenvalue weighted by Gasteiger charge is -2.03. The Morgan fingerprint density at radius 3 is 2.93 bits per heavy atom. The van der Waals surface area contributed by atoms with Gasteiger partial charge < -0.3 is 0 Å². The number of aryl methyl sites for hydroxylation is 1. The molecule has 0 radical (unpaired) electrons. The van der Waals surface area contributed by atoms with Gasteiger partial charge in [0.05, 0.1) is 5.69 Å². The zero-order chi connectivity index (χ0) is 10.8. The van der Waals surface area contributed by atoms with E-state index in [0.717, 1.165) is 15.9 Å². The molecule has 1 aromatic carbocycles. The molecular weight excluding hydrogens is 254 g/mol. The van der Waals surface area contributed by atoms with Crippen LogP contribution in [0.4, 0.5) is 0 Å². The number of nitrogens with zero attached hydrogens (tertiary/aromatic N) is 3. The van der Waals surface area contributed by atoms with Gasteiger partial charge in [-0.15, -0.1) is 0 Å². The van der Waals surface area contributed by atoms with Gasteiger partial charge in [0.2, 0.25) is 0 Å². The Labute approximate surface area is 96.1 Å². The molecule has 2 aromatic rings. The molecule has 1 heterocycles. The lowest BCUT2D eigenvalue weighted by atomic mass is 10.3. The van der Waals surface area contributed by atoms with E-state index in [9.17, 15) is 0 Å². The molecule has 0 fully saturated rings. The van der Waals surface area contributed by atoms with Gasteiger partial charge in [-0.3, -0.25) is 4.57 Å². The van der Waals surface area contributed by atoms with E-state index < -0.39 is 0 Å². The number of imidazole rings is 1. The third kappa shape index (κ3) is 1.79. The third-order valence-corrected chi connectivity index (χ3v) is 2.64. The van der Waals surface area contributed by atoms with Crippen molar-refractivity contribution in [2.75, 3.05) is 0 Å². The molecule has 74 valence electrons. The van der Waals surface area contributed by atoms with Gasteiger partial charge in [-0.2, -0.15) is 5.26 Å². The van der Waals surface area contributed by atoms with Crippen LogP contribution < -0.4 is 0 Å². The predicted octanol–water partition coefficient (Wildman–Crippen LogP) is 2.81. The summed E-state index contributed by atoms with van der Waals surface area (Å²) in [6.07, 6.45) is 1.66. The van der Waals surface area contributed by atoms with Crippen molar-refractivity contribution in [2.45, 2.75) is 6.92 Å². The van der Waals surface area contributed by atoms with Crippen LogP contribution in [0.15, 0.2) is 35.1 Å². The Morgan fingerprint density at radius 1 is 1.47 bits per heavy atom. The molecule has 0 atom stereocenters. The number of aromatic nitrogens is 2. The number of benzene rings is 1. The minimum atomic E-state index is 0.577. The van der Waals surface area contributed by atoms with Crippen molar-refractivity contribution >= 4 is 15.9 Å². The first kappa shape index (κ1) is 9.94. The summed E-state index contributed by atoms with van der Waals surface area (Å²) < 4.78 is 2.76. The van der Waals surface area contributed by atoms with E-state index in [1.54, 1.807) is 10.9 Å². The van der Waals surface area contributed by atoms with Crippen LogP contribution in [-0.2, 0) is 0 Å². The van der Waals surface area contributed by atoms with Gasteiger partial charge >= 0.3 is 0 Å². The maximum Gasteiger partial charge on any atom is 0.147 e. The van der Waals surface area contributed by atoms with Crippen LogP contribution in [0.25, 0.3) is 5.69 Å². The molecule has 1 aromatic heterocycles. The standard InChI is InChI=1S/C11H8BrN3/c1-8-11(6-13)15(7-14-8)10-4-2-3-9(12)5-10/h2-5,7H,1H3. The minimum Gasteiger partial charge on any atom is -0.290 e. The van der Waals surface area contributed by atoms with Crippen molar-refractivity contribution in [3.8, 4) is 11.8 Å². The van der Waals surface area contributed by atoms with E-state index in [1.807, 2.05) is 31.2 Å². The largest absolute Gasteiger partial charge is 0.290 e. The zero-order valence-electron chi connectivity index (χ0n) is 8.11. The number of halogens is 1. The Hall–Kier alpha value is -1.60. The van der Waals surface area contributed by atoms with Crippen LogP contribution in [-0.4, -0.2) is 9.55 Å².